The standard InChI is InChI=1S/C10H20N4/c1-13(8-3-6-11)9-5-10-4-7-12-14(10)2/h4,7H,3,5-6,8-9,11H2,1-2H3. The van der Waals surface area contributed by atoms with Crippen molar-refractivity contribution in [1.82, 2.24) is 14.7 Å². The monoisotopic (exact) mass is 196 g/mol. The van der Waals surface area contributed by atoms with E-state index in [-0.39, 0.29) is 0 Å². The van der Waals surface area contributed by atoms with Crippen LogP contribution < -0.4 is 5.73 Å². The summed E-state index contributed by atoms with van der Waals surface area (Å²) in [4.78, 5) is 2.31. The molecule has 0 amide bonds. The second kappa shape index (κ2) is 5.78. The highest BCUT2D eigenvalue weighted by atomic mass is 15.3. The van der Waals surface area contributed by atoms with Crippen molar-refractivity contribution in [1.29, 1.82) is 0 Å². The summed E-state index contributed by atoms with van der Waals surface area (Å²) in [6.45, 7) is 2.92. The fraction of sp³-hybridized carbons (Fsp3) is 0.700. The lowest BCUT2D eigenvalue weighted by molar-refractivity contribution is 0.333. The average molecular weight is 196 g/mol. The summed E-state index contributed by atoms with van der Waals surface area (Å²) in [5.41, 5.74) is 6.73. The van der Waals surface area contributed by atoms with Gasteiger partial charge < -0.3 is 10.6 Å². The van der Waals surface area contributed by atoms with E-state index in [1.807, 2.05) is 17.9 Å². The molecule has 0 aliphatic heterocycles. The third-order valence-electron chi connectivity index (χ3n) is 2.42. The van der Waals surface area contributed by atoms with Crippen molar-refractivity contribution in [2.45, 2.75) is 12.8 Å². The van der Waals surface area contributed by atoms with E-state index >= 15 is 0 Å². The molecular weight excluding hydrogens is 176 g/mol. The Morgan fingerprint density at radius 1 is 1.50 bits per heavy atom. The van der Waals surface area contributed by atoms with Crippen LogP contribution in [0.4, 0.5) is 0 Å². The molecule has 1 rings (SSSR count). The molecule has 0 radical (unpaired) electrons. The fourth-order valence-corrected chi connectivity index (χ4v) is 1.42. The maximum atomic E-state index is 5.45. The quantitative estimate of drug-likeness (QED) is 0.709. The average Bonchev–Trinajstić information content (AvgIpc) is 2.58. The summed E-state index contributed by atoms with van der Waals surface area (Å²) in [5.74, 6) is 0. The molecule has 0 atom stereocenters. The Morgan fingerprint density at radius 3 is 2.86 bits per heavy atom. The molecule has 0 unspecified atom stereocenters. The zero-order valence-electron chi connectivity index (χ0n) is 9.11. The Kier molecular flexibility index (Phi) is 4.62. The zero-order valence-corrected chi connectivity index (χ0v) is 9.11. The van der Waals surface area contributed by atoms with Gasteiger partial charge in [0.15, 0.2) is 0 Å². The van der Waals surface area contributed by atoms with Crippen molar-refractivity contribution in [2.24, 2.45) is 12.8 Å². The van der Waals surface area contributed by atoms with Gasteiger partial charge in [-0.1, -0.05) is 0 Å². The molecule has 0 spiro atoms. The van der Waals surface area contributed by atoms with Crippen LogP contribution in [-0.4, -0.2) is 41.4 Å². The number of likely N-dealkylation sites (N-methyl/N-ethyl adjacent to an activating group) is 1. The van der Waals surface area contributed by atoms with Gasteiger partial charge in [-0.2, -0.15) is 5.10 Å². The predicted octanol–water partition coefficient (Wildman–Crippen LogP) is 0.243. The van der Waals surface area contributed by atoms with Crippen LogP contribution >= 0.6 is 0 Å². The lowest BCUT2D eigenvalue weighted by Gasteiger charge is -2.15. The van der Waals surface area contributed by atoms with Crippen LogP contribution in [0.2, 0.25) is 0 Å². The van der Waals surface area contributed by atoms with Crippen molar-refractivity contribution in [3.8, 4) is 0 Å². The molecular formula is C10H20N4. The number of aromatic nitrogens is 2. The van der Waals surface area contributed by atoms with Gasteiger partial charge in [-0.3, -0.25) is 4.68 Å². The molecule has 4 nitrogen and oxygen atoms in total. The molecule has 0 aliphatic rings. The topological polar surface area (TPSA) is 47.1 Å². The SMILES string of the molecule is CN(CCCN)CCc1ccnn1C. The van der Waals surface area contributed by atoms with E-state index in [4.69, 9.17) is 5.73 Å². The van der Waals surface area contributed by atoms with Crippen LogP contribution in [0.1, 0.15) is 12.1 Å². The summed E-state index contributed by atoms with van der Waals surface area (Å²) in [6, 6.07) is 2.07. The largest absolute Gasteiger partial charge is 0.330 e. The minimum atomic E-state index is 0.774. The first-order valence-electron chi connectivity index (χ1n) is 5.09. The van der Waals surface area contributed by atoms with Gasteiger partial charge >= 0.3 is 0 Å². The molecule has 0 saturated heterocycles. The molecule has 1 aromatic rings. The summed E-state index contributed by atoms with van der Waals surface area (Å²) in [7, 11) is 4.11. The molecule has 1 heterocycles. The van der Waals surface area contributed by atoms with E-state index in [1.165, 1.54) is 5.69 Å². The van der Waals surface area contributed by atoms with Gasteiger partial charge in [-0.05, 0) is 32.6 Å². The van der Waals surface area contributed by atoms with E-state index in [0.29, 0.717) is 0 Å². The number of hydrogen-bond donors (Lipinski definition) is 1. The highest BCUT2D eigenvalue weighted by Gasteiger charge is 2.01. The first-order valence-corrected chi connectivity index (χ1v) is 5.09. The van der Waals surface area contributed by atoms with E-state index < -0.39 is 0 Å². The first-order chi connectivity index (χ1) is 6.74. The predicted molar refractivity (Wildman–Crippen MR) is 58.1 cm³/mol. The van der Waals surface area contributed by atoms with Crippen LogP contribution in [0.15, 0.2) is 12.3 Å². The van der Waals surface area contributed by atoms with Gasteiger partial charge in [0.1, 0.15) is 0 Å². The van der Waals surface area contributed by atoms with E-state index in [0.717, 1.165) is 32.5 Å². The van der Waals surface area contributed by atoms with Crippen molar-refractivity contribution in [3.63, 3.8) is 0 Å². The van der Waals surface area contributed by atoms with Gasteiger partial charge in [0, 0.05) is 31.9 Å². The Labute approximate surface area is 85.7 Å². The summed E-state index contributed by atoms with van der Waals surface area (Å²) in [5, 5.41) is 4.13. The molecule has 0 aliphatic carbocycles. The smallest absolute Gasteiger partial charge is 0.0492 e. The Bertz CT molecular complexity index is 256. The normalized spacial score (nSPS) is 11.1. The number of hydrogen-bond acceptors (Lipinski definition) is 3. The molecule has 1 aromatic heterocycles. The Morgan fingerprint density at radius 2 is 2.29 bits per heavy atom. The van der Waals surface area contributed by atoms with E-state index in [2.05, 4.69) is 23.1 Å². The number of rotatable bonds is 6. The van der Waals surface area contributed by atoms with Crippen molar-refractivity contribution in [3.05, 3.63) is 18.0 Å². The van der Waals surface area contributed by atoms with Gasteiger partial charge in [0.2, 0.25) is 0 Å². The van der Waals surface area contributed by atoms with Crippen molar-refractivity contribution < 1.29 is 0 Å². The highest BCUT2D eigenvalue weighted by Crippen LogP contribution is 1.98. The zero-order chi connectivity index (χ0) is 10.4. The van der Waals surface area contributed by atoms with Crippen LogP contribution in [0.3, 0.4) is 0 Å². The van der Waals surface area contributed by atoms with Crippen LogP contribution in [-0.2, 0) is 13.5 Å². The Hall–Kier alpha value is -0.870. The number of nitrogens with two attached hydrogens (primary N) is 1. The van der Waals surface area contributed by atoms with Crippen LogP contribution in [0.5, 0.6) is 0 Å². The molecule has 0 aromatic carbocycles. The van der Waals surface area contributed by atoms with Gasteiger partial charge in [0.05, 0.1) is 0 Å². The fourth-order valence-electron chi connectivity index (χ4n) is 1.42. The van der Waals surface area contributed by atoms with Crippen LogP contribution in [0, 0.1) is 0 Å². The number of nitrogens with zero attached hydrogens (tertiary/aromatic N) is 3. The molecule has 0 fully saturated rings. The van der Waals surface area contributed by atoms with Gasteiger partial charge in [-0.15, -0.1) is 0 Å². The highest BCUT2D eigenvalue weighted by molar-refractivity contribution is 5.00. The molecule has 14 heavy (non-hydrogen) atoms. The molecule has 4 heteroatoms. The van der Waals surface area contributed by atoms with E-state index in [1.54, 1.807) is 0 Å². The second-order valence-electron chi connectivity index (χ2n) is 3.64. The number of aryl methyl sites for hydroxylation is 1. The van der Waals surface area contributed by atoms with E-state index in [9.17, 15) is 0 Å². The third-order valence-corrected chi connectivity index (χ3v) is 2.42. The van der Waals surface area contributed by atoms with Crippen LogP contribution in [0.25, 0.3) is 0 Å². The van der Waals surface area contributed by atoms with Gasteiger partial charge in [-0.25, -0.2) is 0 Å². The Balaban J connectivity index is 2.23. The lowest BCUT2D eigenvalue weighted by atomic mass is 10.3. The third kappa shape index (κ3) is 3.47. The van der Waals surface area contributed by atoms with Crippen molar-refractivity contribution >= 4 is 0 Å². The molecule has 0 bridgehead atoms. The maximum Gasteiger partial charge on any atom is 0.0492 e. The lowest BCUT2D eigenvalue weighted by Crippen LogP contribution is -2.24. The molecule has 2 N–H and O–H groups in total. The second-order valence-corrected chi connectivity index (χ2v) is 3.64. The minimum Gasteiger partial charge on any atom is -0.330 e. The van der Waals surface area contributed by atoms with Crippen molar-refractivity contribution in [2.75, 3.05) is 26.7 Å². The summed E-state index contributed by atoms with van der Waals surface area (Å²) < 4.78 is 1.93. The summed E-state index contributed by atoms with van der Waals surface area (Å²) in [6.07, 6.45) is 3.97. The molecule has 0 saturated carbocycles. The maximum absolute atomic E-state index is 5.45. The summed E-state index contributed by atoms with van der Waals surface area (Å²) >= 11 is 0. The minimum absolute atomic E-state index is 0.774. The van der Waals surface area contributed by atoms with Gasteiger partial charge in [0.25, 0.3) is 0 Å². The first kappa shape index (κ1) is 11.2. The molecule has 80 valence electrons.